The highest BCUT2D eigenvalue weighted by Gasteiger charge is 2.18. The Kier molecular flexibility index (Phi) is 7.50. The monoisotopic (exact) mass is 507 g/mol. The van der Waals surface area contributed by atoms with Crippen LogP contribution in [0.4, 0.5) is 10.9 Å². The Morgan fingerprint density at radius 1 is 1.33 bits per heavy atom. The number of rotatable bonds is 7. The highest BCUT2D eigenvalue weighted by Crippen LogP contribution is 2.36. The average Bonchev–Trinajstić information content (AvgIpc) is 3.12. The third-order valence-corrected chi connectivity index (χ3v) is 6.45. The first-order valence-corrected chi connectivity index (χ1v) is 11.5. The van der Waals surface area contributed by atoms with Gasteiger partial charge in [-0.2, -0.15) is 0 Å². The zero-order chi connectivity index (χ0) is 21.8. The van der Waals surface area contributed by atoms with Crippen LogP contribution in [0.1, 0.15) is 41.1 Å². The normalized spacial score (nSPS) is 11.0. The van der Waals surface area contributed by atoms with Gasteiger partial charge in [0, 0.05) is 26.1 Å². The number of aryl methyl sites for hydroxylation is 2. The number of carbonyl (C=O) groups is 1. The average molecular weight is 509 g/mol. The number of ether oxygens (including phenoxy) is 1. The summed E-state index contributed by atoms with van der Waals surface area (Å²) in [6.45, 7) is 6.39. The molecule has 30 heavy (non-hydrogen) atoms. The standard InChI is InChI=1S/C22H23BrClN3O2S/c1-12(2)5-8-18-19(14-7-6-13(3)17(24)9-14)26-22(30-18)27-20-16(21(28)29-4)10-15(23)11-25-20/h6-7,9-12H,5,8H2,1-4H3,(H,25,26,27). The van der Waals surface area contributed by atoms with Gasteiger partial charge in [0.15, 0.2) is 5.13 Å². The number of thiazole rings is 1. The number of nitrogens with one attached hydrogen (secondary N) is 1. The van der Waals surface area contributed by atoms with E-state index in [1.54, 1.807) is 23.6 Å². The van der Waals surface area contributed by atoms with E-state index >= 15 is 0 Å². The maximum Gasteiger partial charge on any atom is 0.341 e. The number of benzene rings is 1. The van der Waals surface area contributed by atoms with Crippen LogP contribution in [-0.4, -0.2) is 23.0 Å². The number of methoxy groups -OCH3 is 1. The van der Waals surface area contributed by atoms with E-state index in [9.17, 15) is 4.79 Å². The molecule has 158 valence electrons. The van der Waals surface area contributed by atoms with Crippen LogP contribution in [0.3, 0.4) is 0 Å². The zero-order valence-corrected chi connectivity index (χ0v) is 20.4. The predicted molar refractivity (Wildman–Crippen MR) is 127 cm³/mol. The minimum Gasteiger partial charge on any atom is -0.465 e. The largest absolute Gasteiger partial charge is 0.465 e. The lowest BCUT2D eigenvalue weighted by molar-refractivity contribution is 0.0601. The van der Waals surface area contributed by atoms with Crippen LogP contribution in [0.25, 0.3) is 11.3 Å². The van der Waals surface area contributed by atoms with Crippen LogP contribution in [0.5, 0.6) is 0 Å². The molecule has 2 heterocycles. The van der Waals surface area contributed by atoms with Crippen molar-refractivity contribution in [1.29, 1.82) is 0 Å². The van der Waals surface area contributed by atoms with Crippen molar-refractivity contribution in [3.63, 3.8) is 0 Å². The molecule has 0 unspecified atom stereocenters. The number of hydrogen-bond donors (Lipinski definition) is 1. The van der Waals surface area contributed by atoms with E-state index in [-0.39, 0.29) is 0 Å². The molecule has 0 radical (unpaired) electrons. The fourth-order valence-corrected chi connectivity index (χ4v) is 4.38. The van der Waals surface area contributed by atoms with E-state index < -0.39 is 5.97 Å². The van der Waals surface area contributed by atoms with Crippen LogP contribution in [-0.2, 0) is 11.2 Å². The van der Waals surface area contributed by atoms with Crippen molar-refractivity contribution < 1.29 is 9.53 Å². The number of aromatic nitrogens is 2. The smallest absolute Gasteiger partial charge is 0.341 e. The molecule has 0 amide bonds. The van der Waals surface area contributed by atoms with Crippen LogP contribution < -0.4 is 5.32 Å². The second-order valence-corrected chi connectivity index (χ2v) is 9.76. The van der Waals surface area contributed by atoms with E-state index in [1.165, 1.54) is 12.0 Å². The van der Waals surface area contributed by atoms with Gasteiger partial charge in [-0.05, 0) is 59.3 Å². The third-order valence-electron chi connectivity index (χ3n) is 4.58. The molecule has 8 heteroatoms. The molecule has 0 atom stereocenters. The predicted octanol–water partition coefficient (Wildman–Crippen LogP) is 7.05. The number of carbonyl (C=O) groups excluding carboxylic acids is 1. The number of anilines is 2. The van der Waals surface area contributed by atoms with Gasteiger partial charge in [0.25, 0.3) is 0 Å². The summed E-state index contributed by atoms with van der Waals surface area (Å²) in [4.78, 5) is 22.5. The van der Waals surface area contributed by atoms with Crippen molar-refractivity contribution in [2.75, 3.05) is 12.4 Å². The molecule has 5 nitrogen and oxygen atoms in total. The number of halogens is 2. The van der Waals surface area contributed by atoms with Crippen molar-refractivity contribution in [1.82, 2.24) is 9.97 Å². The molecule has 0 aliphatic heterocycles. The van der Waals surface area contributed by atoms with Crippen molar-refractivity contribution in [2.24, 2.45) is 5.92 Å². The summed E-state index contributed by atoms with van der Waals surface area (Å²) in [6, 6.07) is 7.67. The summed E-state index contributed by atoms with van der Waals surface area (Å²) >= 11 is 11.3. The Labute approximate surface area is 194 Å². The van der Waals surface area contributed by atoms with Gasteiger partial charge in [0.1, 0.15) is 11.4 Å². The molecule has 0 bridgehead atoms. The van der Waals surface area contributed by atoms with Crippen LogP contribution >= 0.6 is 38.9 Å². The van der Waals surface area contributed by atoms with E-state index in [2.05, 4.69) is 40.1 Å². The minimum atomic E-state index is -0.464. The highest BCUT2D eigenvalue weighted by molar-refractivity contribution is 9.10. The minimum absolute atomic E-state index is 0.339. The van der Waals surface area contributed by atoms with Crippen molar-refractivity contribution in [2.45, 2.75) is 33.6 Å². The van der Waals surface area contributed by atoms with Gasteiger partial charge in [0.2, 0.25) is 0 Å². The molecule has 1 aromatic carbocycles. The molecule has 0 aliphatic rings. The van der Waals surface area contributed by atoms with E-state index in [0.717, 1.165) is 29.7 Å². The molecule has 0 saturated carbocycles. The Morgan fingerprint density at radius 3 is 2.77 bits per heavy atom. The molecule has 1 N–H and O–H groups in total. The first-order valence-electron chi connectivity index (χ1n) is 9.55. The van der Waals surface area contributed by atoms with Gasteiger partial charge in [-0.3, -0.25) is 0 Å². The number of hydrogen-bond acceptors (Lipinski definition) is 6. The van der Waals surface area contributed by atoms with Gasteiger partial charge < -0.3 is 10.1 Å². The lowest BCUT2D eigenvalue weighted by atomic mass is 10.0. The number of esters is 1. The Hall–Kier alpha value is -1.96. The fourth-order valence-electron chi connectivity index (χ4n) is 2.87. The molecule has 0 spiro atoms. The molecule has 0 fully saturated rings. The number of nitrogens with zero attached hydrogens (tertiary/aromatic N) is 2. The fraction of sp³-hybridized carbons (Fsp3) is 0.318. The van der Waals surface area contributed by atoms with Gasteiger partial charge in [0.05, 0.1) is 12.8 Å². The first kappa shape index (κ1) is 22.7. The summed E-state index contributed by atoms with van der Waals surface area (Å²) in [5.74, 6) is 0.521. The van der Waals surface area contributed by atoms with Crippen molar-refractivity contribution in [3.05, 3.63) is 56.0 Å². The summed E-state index contributed by atoms with van der Waals surface area (Å²) in [5.41, 5.74) is 3.25. The van der Waals surface area contributed by atoms with Crippen LogP contribution in [0.15, 0.2) is 34.9 Å². The Bertz CT molecular complexity index is 1070. The van der Waals surface area contributed by atoms with Gasteiger partial charge >= 0.3 is 5.97 Å². The quantitative estimate of drug-likeness (QED) is 0.346. The second-order valence-electron chi connectivity index (χ2n) is 7.35. The van der Waals surface area contributed by atoms with E-state index in [0.29, 0.717) is 31.9 Å². The topological polar surface area (TPSA) is 64.1 Å². The lowest BCUT2D eigenvalue weighted by Gasteiger charge is -2.07. The molecule has 0 saturated heterocycles. The SMILES string of the molecule is COC(=O)c1cc(Br)cnc1Nc1nc(-c2ccc(C)c(Cl)c2)c(CCC(C)C)s1. The van der Waals surface area contributed by atoms with E-state index in [4.69, 9.17) is 21.3 Å². The summed E-state index contributed by atoms with van der Waals surface area (Å²) < 4.78 is 5.58. The van der Waals surface area contributed by atoms with Gasteiger partial charge in [-0.1, -0.05) is 37.6 Å². The molecular formula is C22H23BrClN3O2S. The third kappa shape index (κ3) is 5.39. The highest BCUT2D eigenvalue weighted by atomic mass is 79.9. The summed E-state index contributed by atoms with van der Waals surface area (Å²) in [7, 11) is 1.35. The van der Waals surface area contributed by atoms with Gasteiger partial charge in [-0.25, -0.2) is 14.8 Å². The van der Waals surface area contributed by atoms with Crippen molar-refractivity contribution in [3.8, 4) is 11.3 Å². The molecule has 2 aromatic heterocycles. The molecule has 0 aliphatic carbocycles. The Balaban J connectivity index is 2.00. The zero-order valence-electron chi connectivity index (χ0n) is 17.3. The van der Waals surface area contributed by atoms with Crippen LogP contribution in [0, 0.1) is 12.8 Å². The molecule has 3 rings (SSSR count). The Morgan fingerprint density at radius 2 is 2.10 bits per heavy atom. The van der Waals surface area contributed by atoms with E-state index in [1.807, 2.05) is 25.1 Å². The number of pyridine rings is 1. The van der Waals surface area contributed by atoms with Crippen LogP contribution in [0.2, 0.25) is 5.02 Å². The second kappa shape index (κ2) is 9.90. The summed E-state index contributed by atoms with van der Waals surface area (Å²) in [5, 5.41) is 4.58. The lowest BCUT2D eigenvalue weighted by Crippen LogP contribution is -2.07. The van der Waals surface area contributed by atoms with Gasteiger partial charge in [-0.15, -0.1) is 11.3 Å². The molecule has 3 aromatic rings. The maximum atomic E-state index is 12.2. The summed E-state index contributed by atoms with van der Waals surface area (Å²) in [6.07, 6.45) is 3.59. The maximum absolute atomic E-state index is 12.2. The van der Waals surface area contributed by atoms with Crippen molar-refractivity contribution >= 4 is 55.8 Å². The first-order chi connectivity index (χ1) is 14.3. The molecular weight excluding hydrogens is 486 g/mol.